The second kappa shape index (κ2) is 5.67. The highest BCUT2D eigenvalue weighted by Crippen LogP contribution is 2.20. The Kier molecular flexibility index (Phi) is 4.22. The summed E-state index contributed by atoms with van der Waals surface area (Å²) in [5.41, 5.74) is 0. The molecule has 3 nitrogen and oxygen atoms in total. The predicted molar refractivity (Wildman–Crippen MR) is 65.2 cm³/mol. The number of hydrogen-bond acceptors (Lipinski definition) is 2. The van der Waals surface area contributed by atoms with Crippen LogP contribution in [0.5, 0.6) is 0 Å². The van der Waals surface area contributed by atoms with Gasteiger partial charge in [0.25, 0.3) is 0 Å². The van der Waals surface area contributed by atoms with Gasteiger partial charge in [-0.1, -0.05) is 26.2 Å². The molecule has 3 heteroatoms. The van der Waals surface area contributed by atoms with Gasteiger partial charge in [-0.25, -0.2) is 0 Å². The molecule has 2 rings (SSSR count). The van der Waals surface area contributed by atoms with Gasteiger partial charge < -0.3 is 10.6 Å². The highest BCUT2D eigenvalue weighted by atomic mass is 16.2. The molecular formula is C13H24N2O. The summed E-state index contributed by atoms with van der Waals surface area (Å²) in [7, 11) is 0. The molecule has 1 heterocycles. The fraction of sp³-hybridized carbons (Fsp3) is 0.923. The van der Waals surface area contributed by atoms with E-state index in [1.54, 1.807) is 0 Å². The molecule has 92 valence electrons. The number of piperidine rings is 1. The first-order valence-electron chi connectivity index (χ1n) is 6.77. The van der Waals surface area contributed by atoms with E-state index in [-0.39, 0.29) is 11.8 Å². The van der Waals surface area contributed by atoms with Crippen LogP contribution in [0.2, 0.25) is 0 Å². The normalized spacial score (nSPS) is 32.3. The van der Waals surface area contributed by atoms with Crippen molar-refractivity contribution in [2.45, 2.75) is 51.5 Å². The van der Waals surface area contributed by atoms with Gasteiger partial charge in [0.1, 0.15) is 0 Å². The minimum absolute atomic E-state index is 0.200. The predicted octanol–water partition coefficient (Wildman–Crippen LogP) is 1.68. The molecule has 0 aromatic rings. The van der Waals surface area contributed by atoms with E-state index in [1.807, 2.05) is 0 Å². The number of carbonyl (C=O) groups is 1. The van der Waals surface area contributed by atoms with Gasteiger partial charge in [0.15, 0.2) is 0 Å². The van der Waals surface area contributed by atoms with Crippen LogP contribution in [0.15, 0.2) is 0 Å². The van der Waals surface area contributed by atoms with Crippen molar-refractivity contribution in [1.29, 1.82) is 0 Å². The van der Waals surface area contributed by atoms with Crippen LogP contribution in [0.4, 0.5) is 0 Å². The molecule has 16 heavy (non-hydrogen) atoms. The van der Waals surface area contributed by atoms with Crippen molar-refractivity contribution in [2.24, 2.45) is 11.8 Å². The van der Waals surface area contributed by atoms with Gasteiger partial charge in [-0.05, 0) is 31.7 Å². The Balaban J connectivity index is 1.77. The quantitative estimate of drug-likeness (QED) is 0.749. The summed E-state index contributed by atoms with van der Waals surface area (Å²) in [5, 5.41) is 6.57. The second-order valence-electron chi connectivity index (χ2n) is 5.54. The fourth-order valence-corrected chi connectivity index (χ4v) is 2.92. The van der Waals surface area contributed by atoms with Gasteiger partial charge in [0.05, 0.1) is 5.92 Å². The molecule has 1 saturated carbocycles. The van der Waals surface area contributed by atoms with Crippen LogP contribution in [0.1, 0.15) is 45.4 Å². The topological polar surface area (TPSA) is 41.1 Å². The minimum atomic E-state index is 0.200. The van der Waals surface area contributed by atoms with E-state index in [0.717, 1.165) is 19.5 Å². The third-order valence-electron chi connectivity index (χ3n) is 3.89. The minimum Gasteiger partial charge on any atom is -0.353 e. The lowest BCUT2D eigenvalue weighted by atomic mass is 9.90. The Bertz CT molecular complexity index is 236. The standard InChI is InChI=1S/C13H24N2O/c1-10-7-11(9-14-8-10)13(16)15-12-5-3-2-4-6-12/h10-12,14H,2-9H2,1H3,(H,15,16). The van der Waals surface area contributed by atoms with Crippen molar-refractivity contribution >= 4 is 5.91 Å². The lowest BCUT2D eigenvalue weighted by Crippen LogP contribution is -2.46. The number of amides is 1. The van der Waals surface area contributed by atoms with Crippen LogP contribution in [0, 0.1) is 11.8 Å². The Labute approximate surface area is 98.4 Å². The van der Waals surface area contributed by atoms with E-state index in [9.17, 15) is 4.79 Å². The van der Waals surface area contributed by atoms with Gasteiger partial charge in [-0.2, -0.15) is 0 Å². The Hall–Kier alpha value is -0.570. The molecule has 0 aromatic heterocycles. The zero-order chi connectivity index (χ0) is 11.4. The molecule has 0 bridgehead atoms. The zero-order valence-corrected chi connectivity index (χ0v) is 10.3. The monoisotopic (exact) mass is 224 g/mol. The SMILES string of the molecule is CC1CNCC(C(=O)NC2CCCCC2)C1. The lowest BCUT2D eigenvalue weighted by Gasteiger charge is -2.30. The molecule has 0 spiro atoms. The summed E-state index contributed by atoms with van der Waals surface area (Å²) in [6.45, 7) is 4.14. The highest BCUT2D eigenvalue weighted by Gasteiger charge is 2.26. The van der Waals surface area contributed by atoms with Gasteiger partial charge in [-0.15, -0.1) is 0 Å². The van der Waals surface area contributed by atoms with Gasteiger partial charge >= 0.3 is 0 Å². The van der Waals surface area contributed by atoms with Crippen molar-refractivity contribution < 1.29 is 4.79 Å². The van der Waals surface area contributed by atoms with E-state index in [1.165, 1.54) is 32.1 Å². The molecule has 1 saturated heterocycles. The lowest BCUT2D eigenvalue weighted by molar-refractivity contribution is -0.126. The Morgan fingerprint density at radius 2 is 1.94 bits per heavy atom. The Morgan fingerprint density at radius 3 is 2.62 bits per heavy atom. The van der Waals surface area contributed by atoms with Crippen LogP contribution in [0.25, 0.3) is 0 Å². The molecule has 1 amide bonds. The molecular weight excluding hydrogens is 200 g/mol. The van der Waals surface area contributed by atoms with Crippen LogP contribution in [0.3, 0.4) is 0 Å². The first-order valence-corrected chi connectivity index (χ1v) is 6.77. The van der Waals surface area contributed by atoms with Crippen molar-refractivity contribution in [3.8, 4) is 0 Å². The fourth-order valence-electron chi connectivity index (χ4n) is 2.92. The molecule has 0 aromatic carbocycles. The molecule has 1 aliphatic heterocycles. The molecule has 2 N–H and O–H groups in total. The molecule has 1 aliphatic carbocycles. The molecule has 2 aliphatic rings. The van der Waals surface area contributed by atoms with E-state index >= 15 is 0 Å². The van der Waals surface area contributed by atoms with Gasteiger partial charge in [-0.3, -0.25) is 4.79 Å². The summed E-state index contributed by atoms with van der Waals surface area (Å²) in [6.07, 6.45) is 7.32. The van der Waals surface area contributed by atoms with Crippen molar-refractivity contribution in [3.63, 3.8) is 0 Å². The summed E-state index contributed by atoms with van der Waals surface area (Å²) < 4.78 is 0. The van der Waals surface area contributed by atoms with Crippen molar-refractivity contribution in [1.82, 2.24) is 10.6 Å². The second-order valence-corrected chi connectivity index (χ2v) is 5.54. The van der Waals surface area contributed by atoms with Gasteiger partial charge in [0.2, 0.25) is 5.91 Å². The van der Waals surface area contributed by atoms with Crippen molar-refractivity contribution in [2.75, 3.05) is 13.1 Å². The van der Waals surface area contributed by atoms with Gasteiger partial charge in [0, 0.05) is 12.6 Å². The van der Waals surface area contributed by atoms with E-state index in [2.05, 4.69) is 17.6 Å². The number of hydrogen-bond donors (Lipinski definition) is 2. The van der Waals surface area contributed by atoms with Crippen molar-refractivity contribution in [3.05, 3.63) is 0 Å². The molecule has 2 fully saturated rings. The van der Waals surface area contributed by atoms with Crippen LogP contribution in [-0.2, 0) is 4.79 Å². The number of carbonyl (C=O) groups excluding carboxylic acids is 1. The smallest absolute Gasteiger partial charge is 0.224 e. The first kappa shape index (κ1) is 11.9. The number of rotatable bonds is 2. The van der Waals surface area contributed by atoms with Crippen LogP contribution >= 0.6 is 0 Å². The summed E-state index contributed by atoms with van der Waals surface area (Å²) >= 11 is 0. The zero-order valence-electron chi connectivity index (χ0n) is 10.3. The maximum atomic E-state index is 12.1. The Morgan fingerprint density at radius 1 is 1.19 bits per heavy atom. The van der Waals surface area contributed by atoms with E-state index in [0.29, 0.717) is 12.0 Å². The van der Waals surface area contributed by atoms with Crippen LogP contribution < -0.4 is 10.6 Å². The third kappa shape index (κ3) is 3.21. The first-order chi connectivity index (χ1) is 7.75. The summed E-state index contributed by atoms with van der Waals surface area (Å²) in [6, 6.07) is 0.457. The molecule has 0 radical (unpaired) electrons. The molecule has 2 unspecified atom stereocenters. The van der Waals surface area contributed by atoms with E-state index < -0.39 is 0 Å². The maximum Gasteiger partial charge on any atom is 0.224 e. The third-order valence-corrected chi connectivity index (χ3v) is 3.89. The molecule has 2 atom stereocenters. The average molecular weight is 224 g/mol. The van der Waals surface area contributed by atoms with Crippen LogP contribution in [-0.4, -0.2) is 25.0 Å². The maximum absolute atomic E-state index is 12.1. The summed E-state index contributed by atoms with van der Waals surface area (Å²) in [4.78, 5) is 12.1. The van der Waals surface area contributed by atoms with E-state index in [4.69, 9.17) is 0 Å². The highest BCUT2D eigenvalue weighted by molar-refractivity contribution is 5.79. The summed E-state index contributed by atoms with van der Waals surface area (Å²) in [5.74, 6) is 1.12. The number of nitrogens with one attached hydrogen (secondary N) is 2. The largest absolute Gasteiger partial charge is 0.353 e. The average Bonchev–Trinajstić information content (AvgIpc) is 2.30.